The third kappa shape index (κ3) is 7.30. The van der Waals surface area contributed by atoms with Crippen molar-refractivity contribution < 1.29 is 28.6 Å². The first-order valence-corrected chi connectivity index (χ1v) is 12.3. The molecule has 2 aromatic heterocycles. The molecule has 0 atom stereocenters. The van der Waals surface area contributed by atoms with Crippen molar-refractivity contribution >= 4 is 46.1 Å². The molecule has 1 fully saturated rings. The largest absolute Gasteiger partial charge is 0.382 e. The Morgan fingerprint density at radius 1 is 1.15 bits per heavy atom. The van der Waals surface area contributed by atoms with Crippen LogP contribution in [0.5, 0.6) is 0 Å². The molecule has 1 aliphatic rings. The van der Waals surface area contributed by atoms with Crippen LogP contribution in [0.2, 0.25) is 0 Å². The molecule has 0 unspecified atom stereocenters. The number of hydrogen-bond donors (Lipinski definition) is 2. The van der Waals surface area contributed by atoms with Crippen LogP contribution in [0.4, 0.5) is 5.69 Å². The van der Waals surface area contributed by atoms with Crippen LogP contribution in [0, 0.1) is 0 Å². The number of carbonyl (C=O) groups excluding carboxylic acids is 3. The van der Waals surface area contributed by atoms with Gasteiger partial charge in [0.15, 0.2) is 0 Å². The molecule has 0 radical (unpaired) electrons. The van der Waals surface area contributed by atoms with Crippen molar-refractivity contribution in [2.75, 3.05) is 58.6 Å². The van der Waals surface area contributed by atoms with Crippen LogP contribution in [0.25, 0.3) is 0 Å². The Morgan fingerprint density at radius 2 is 1.88 bits per heavy atom. The Hall–Kier alpha value is -2.38. The van der Waals surface area contributed by atoms with Crippen molar-refractivity contribution in [1.29, 1.82) is 0 Å². The van der Waals surface area contributed by atoms with Crippen molar-refractivity contribution in [3.63, 3.8) is 0 Å². The van der Waals surface area contributed by atoms with Crippen molar-refractivity contribution in [2.45, 2.75) is 18.8 Å². The van der Waals surface area contributed by atoms with E-state index in [2.05, 4.69) is 10.3 Å². The highest BCUT2D eigenvalue weighted by atomic mass is 32.1. The SMILES string of the molecule is COCCOCCOCC(=O)N1CCC(c2nc(C(=O)Nc3ccsc3C(N)=O)cs2)CC1. The van der Waals surface area contributed by atoms with Gasteiger partial charge in [-0.2, -0.15) is 0 Å². The zero-order valence-corrected chi connectivity index (χ0v) is 20.0. The zero-order valence-electron chi connectivity index (χ0n) is 18.4. The summed E-state index contributed by atoms with van der Waals surface area (Å²) in [4.78, 5) is 42.9. The first-order chi connectivity index (χ1) is 16.0. The van der Waals surface area contributed by atoms with Crippen LogP contribution < -0.4 is 11.1 Å². The molecular formula is C21H28N4O6S2. The minimum absolute atomic E-state index is 0.0365. The van der Waals surface area contributed by atoms with E-state index in [1.165, 1.54) is 22.7 Å². The molecule has 3 amide bonds. The van der Waals surface area contributed by atoms with Gasteiger partial charge in [-0.05, 0) is 24.3 Å². The van der Waals surface area contributed by atoms with E-state index in [-0.39, 0.29) is 24.3 Å². The van der Waals surface area contributed by atoms with Gasteiger partial charge in [0, 0.05) is 31.5 Å². The van der Waals surface area contributed by atoms with E-state index in [9.17, 15) is 14.4 Å². The number of hydrogen-bond acceptors (Lipinski definition) is 9. The van der Waals surface area contributed by atoms with Gasteiger partial charge >= 0.3 is 0 Å². The summed E-state index contributed by atoms with van der Waals surface area (Å²) in [5.74, 6) is -0.806. The average Bonchev–Trinajstić information content (AvgIpc) is 3.48. The second-order valence-electron chi connectivity index (χ2n) is 7.37. The maximum atomic E-state index is 12.5. The summed E-state index contributed by atoms with van der Waals surface area (Å²) in [6.45, 7) is 3.10. The number of carbonyl (C=O) groups is 3. The molecule has 33 heavy (non-hydrogen) atoms. The van der Waals surface area contributed by atoms with Gasteiger partial charge in [-0.1, -0.05) is 0 Å². The van der Waals surface area contributed by atoms with E-state index in [1.54, 1.807) is 28.8 Å². The molecule has 3 heterocycles. The van der Waals surface area contributed by atoms with E-state index < -0.39 is 5.91 Å². The number of rotatable bonds is 12. The van der Waals surface area contributed by atoms with E-state index >= 15 is 0 Å². The van der Waals surface area contributed by atoms with Gasteiger partial charge in [-0.25, -0.2) is 4.98 Å². The second kappa shape index (κ2) is 12.8. The number of piperidine rings is 1. The third-order valence-electron chi connectivity index (χ3n) is 5.12. The summed E-state index contributed by atoms with van der Waals surface area (Å²) in [7, 11) is 1.61. The maximum Gasteiger partial charge on any atom is 0.275 e. The van der Waals surface area contributed by atoms with E-state index in [0.29, 0.717) is 55.8 Å². The molecule has 180 valence electrons. The van der Waals surface area contributed by atoms with Gasteiger partial charge in [0.1, 0.15) is 17.2 Å². The van der Waals surface area contributed by atoms with Gasteiger partial charge in [0.05, 0.1) is 37.1 Å². The summed E-state index contributed by atoms with van der Waals surface area (Å²) in [5, 5.41) is 6.97. The van der Waals surface area contributed by atoms with Gasteiger partial charge in [0.25, 0.3) is 11.8 Å². The number of thiazole rings is 1. The lowest BCUT2D eigenvalue weighted by atomic mass is 9.97. The molecule has 12 heteroatoms. The van der Waals surface area contributed by atoms with Crippen LogP contribution in [0.3, 0.4) is 0 Å². The number of amides is 3. The fraction of sp³-hybridized carbons (Fsp3) is 0.524. The minimum atomic E-state index is -0.582. The molecule has 0 bridgehead atoms. The lowest BCUT2D eigenvalue weighted by molar-refractivity contribution is -0.137. The summed E-state index contributed by atoms with van der Waals surface area (Å²) in [5.41, 5.74) is 6.02. The predicted octanol–water partition coefficient (Wildman–Crippen LogP) is 1.94. The lowest BCUT2D eigenvalue weighted by Crippen LogP contribution is -2.40. The zero-order chi connectivity index (χ0) is 23.6. The standard InChI is InChI=1S/C21H28N4O6S2/c1-29-7-8-30-9-10-31-12-17(26)25-5-2-14(3-6-25)21-24-16(13-33-21)20(28)23-15-4-11-32-18(15)19(22)27/h4,11,13-14H,2-3,5-10,12H2,1H3,(H2,22,27)(H,23,28). The summed E-state index contributed by atoms with van der Waals surface area (Å²) in [6, 6.07) is 1.64. The molecule has 3 N–H and O–H groups in total. The summed E-state index contributed by atoms with van der Waals surface area (Å²) in [6.07, 6.45) is 1.55. The molecular weight excluding hydrogens is 468 g/mol. The Bertz CT molecular complexity index is 939. The highest BCUT2D eigenvalue weighted by Gasteiger charge is 2.26. The molecule has 0 saturated carbocycles. The molecule has 0 aliphatic carbocycles. The number of primary amides is 1. The Balaban J connectivity index is 1.41. The number of likely N-dealkylation sites (tertiary alicyclic amines) is 1. The molecule has 2 aromatic rings. The van der Waals surface area contributed by atoms with Crippen LogP contribution in [-0.2, 0) is 19.0 Å². The smallest absolute Gasteiger partial charge is 0.275 e. The quantitative estimate of drug-likeness (QED) is 0.429. The highest BCUT2D eigenvalue weighted by Crippen LogP contribution is 2.31. The molecule has 3 rings (SSSR count). The Morgan fingerprint density at radius 3 is 2.61 bits per heavy atom. The summed E-state index contributed by atoms with van der Waals surface area (Å²) >= 11 is 2.61. The highest BCUT2D eigenvalue weighted by molar-refractivity contribution is 7.12. The lowest BCUT2D eigenvalue weighted by Gasteiger charge is -2.31. The van der Waals surface area contributed by atoms with Gasteiger partial charge in [-0.3, -0.25) is 14.4 Å². The van der Waals surface area contributed by atoms with E-state index in [1.807, 2.05) is 0 Å². The Labute approximate surface area is 200 Å². The predicted molar refractivity (Wildman–Crippen MR) is 125 cm³/mol. The monoisotopic (exact) mass is 496 g/mol. The van der Waals surface area contributed by atoms with Gasteiger partial charge in [-0.15, -0.1) is 22.7 Å². The third-order valence-corrected chi connectivity index (χ3v) is 7.05. The number of methoxy groups -OCH3 is 1. The first-order valence-electron chi connectivity index (χ1n) is 10.6. The maximum absolute atomic E-state index is 12.5. The number of nitrogens with two attached hydrogens (primary N) is 1. The van der Waals surface area contributed by atoms with Crippen LogP contribution in [-0.4, -0.2) is 80.8 Å². The fourth-order valence-electron chi connectivity index (χ4n) is 3.35. The molecule has 1 aliphatic heterocycles. The van der Waals surface area contributed by atoms with Crippen LogP contribution >= 0.6 is 22.7 Å². The molecule has 0 aromatic carbocycles. The van der Waals surface area contributed by atoms with Crippen LogP contribution in [0.15, 0.2) is 16.8 Å². The van der Waals surface area contributed by atoms with Crippen LogP contribution in [0.1, 0.15) is 43.9 Å². The average molecular weight is 497 g/mol. The minimum Gasteiger partial charge on any atom is -0.382 e. The first kappa shape index (κ1) is 25.2. The van der Waals surface area contributed by atoms with Crippen molar-refractivity contribution in [3.05, 3.63) is 32.4 Å². The number of aromatic nitrogens is 1. The second-order valence-corrected chi connectivity index (χ2v) is 9.17. The van der Waals surface area contributed by atoms with Crippen molar-refractivity contribution in [2.24, 2.45) is 5.73 Å². The summed E-state index contributed by atoms with van der Waals surface area (Å²) < 4.78 is 15.6. The van der Waals surface area contributed by atoms with Crippen molar-refractivity contribution in [1.82, 2.24) is 9.88 Å². The number of ether oxygens (including phenoxy) is 3. The molecule has 10 nitrogen and oxygen atoms in total. The van der Waals surface area contributed by atoms with Gasteiger partial charge < -0.3 is 30.2 Å². The van der Waals surface area contributed by atoms with E-state index in [4.69, 9.17) is 19.9 Å². The number of thiophene rings is 1. The topological polar surface area (TPSA) is 133 Å². The van der Waals surface area contributed by atoms with E-state index in [0.717, 1.165) is 17.8 Å². The molecule has 0 spiro atoms. The normalized spacial score (nSPS) is 14.4. The number of nitrogens with one attached hydrogen (secondary N) is 1. The van der Waals surface area contributed by atoms with Gasteiger partial charge in [0.2, 0.25) is 5.91 Å². The molecule has 1 saturated heterocycles. The number of nitrogens with zero attached hydrogens (tertiary/aromatic N) is 2. The Kier molecular flexibility index (Phi) is 9.76. The van der Waals surface area contributed by atoms with Crippen molar-refractivity contribution in [3.8, 4) is 0 Å². The number of anilines is 1. The fourth-order valence-corrected chi connectivity index (χ4v) is 5.03.